The van der Waals surface area contributed by atoms with Gasteiger partial charge in [-0.1, -0.05) is 24.3 Å². The smallest absolute Gasteiger partial charge is 0.159 e. The maximum atomic E-state index is 12.2. The number of carbonyl (C=O) groups is 1. The van der Waals surface area contributed by atoms with Crippen molar-refractivity contribution in [3.05, 3.63) is 54.1 Å². The molecule has 0 spiro atoms. The van der Waals surface area contributed by atoms with Gasteiger partial charge in [-0.25, -0.2) is 0 Å². The fourth-order valence-corrected chi connectivity index (χ4v) is 4.23. The van der Waals surface area contributed by atoms with Crippen LogP contribution < -0.4 is 4.74 Å². The van der Waals surface area contributed by atoms with Crippen LogP contribution in [0.4, 0.5) is 0 Å². The lowest BCUT2D eigenvalue weighted by Gasteiger charge is -2.09. The van der Waals surface area contributed by atoms with Crippen LogP contribution in [0.2, 0.25) is 0 Å². The summed E-state index contributed by atoms with van der Waals surface area (Å²) in [7, 11) is 0.596. The molecule has 0 aliphatic heterocycles. The van der Waals surface area contributed by atoms with E-state index in [1.165, 1.54) is 6.92 Å². The molecule has 0 aromatic heterocycles. The van der Waals surface area contributed by atoms with E-state index in [4.69, 9.17) is 4.74 Å². The van der Waals surface area contributed by atoms with E-state index in [2.05, 4.69) is 0 Å². The molecule has 0 saturated heterocycles. The van der Waals surface area contributed by atoms with Gasteiger partial charge in [0.25, 0.3) is 0 Å². The van der Waals surface area contributed by atoms with Gasteiger partial charge in [0, 0.05) is 26.9 Å². The van der Waals surface area contributed by atoms with Crippen molar-refractivity contribution >= 4 is 28.3 Å². The third-order valence-electron chi connectivity index (χ3n) is 3.10. The Labute approximate surface area is 137 Å². The average molecular weight is 334 g/mol. The molecule has 2 aromatic carbocycles. The van der Waals surface area contributed by atoms with E-state index in [-0.39, 0.29) is 5.78 Å². The summed E-state index contributed by atoms with van der Waals surface area (Å²) >= 11 is 1.59. The van der Waals surface area contributed by atoms with Crippen LogP contribution in [-0.4, -0.2) is 28.6 Å². The molecule has 0 amide bonds. The van der Waals surface area contributed by atoms with Gasteiger partial charge in [0.05, 0.1) is 17.9 Å². The first-order chi connectivity index (χ1) is 10.6. The number of rotatable bonds is 7. The number of ether oxygens (including phenoxy) is 1. The molecule has 0 bridgehead atoms. The minimum absolute atomic E-state index is 0.0139. The zero-order valence-corrected chi connectivity index (χ0v) is 14.2. The number of carbonyl (C=O) groups excluding carboxylic acids is 1. The van der Waals surface area contributed by atoms with Gasteiger partial charge in [0.15, 0.2) is 5.78 Å². The van der Waals surface area contributed by atoms with Crippen LogP contribution in [0.25, 0.3) is 0 Å². The predicted molar refractivity (Wildman–Crippen MR) is 91.4 cm³/mol. The molecule has 3 nitrogen and oxygen atoms in total. The summed E-state index contributed by atoms with van der Waals surface area (Å²) in [5, 5.41) is 0. The first-order valence-electron chi connectivity index (χ1n) is 6.87. The highest BCUT2D eigenvalue weighted by molar-refractivity contribution is 8.00. The summed E-state index contributed by atoms with van der Waals surface area (Å²) < 4.78 is 17.5. The summed E-state index contributed by atoms with van der Waals surface area (Å²) in [4.78, 5) is 13.2. The SMILES string of the molecule is COc1cc(C(C)=O)ccc1SCC[S@](=O)c1ccccc1. The third kappa shape index (κ3) is 4.45. The Morgan fingerprint density at radius 1 is 1.18 bits per heavy atom. The van der Waals surface area contributed by atoms with Gasteiger partial charge in [-0.05, 0) is 31.2 Å². The van der Waals surface area contributed by atoms with Crippen LogP contribution in [0.5, 0.6) is 5.75 Å². The fourth-order valence-electron chi connectivity index (χ4n) is 1.92. The summed E-state index contributed by atoms with van der Waals surface area (Å²) in [5.74, 6) is 1.99. The Morgan fingerprint density at radius 3 is 2.55 bits per heavy atom. The van der Waals surface area contributed by atoms with Gasteiger partial charge in [-0.2, -0.15) is 0 Å². The van der Waals surface area contributed by atoms with E-state index in [1.807, 2.05) is 36.4 Å². The highest BCUT2D eigenvalue weighted by atomic mass is 32.2. The van der Waals surface area contributed by atoms with Crippen molar-refractivity contribution in [3.8, 4) is 5.75 Å². The molecule has 116 valence electrons. The topological polar surface area (TPSA) is 43.4 Å². The Kier molecular flexibility index (Phi) is 6.21. The van der Waals surface area contributed by atoms with Crippen molar-refractivity contribution in [2.75, 3.05) is 18.6 Å². The zero-order chi connectivity index (χ0) is 15.9. The monoisotopic (exact) mass is 334 g/mol. The van der Waals surface area contributed by atoms with Crippen LogP contribution >= 0.6 is 11.8 Å². The summed E-state index contributed by atoms with van der Waals surface area (Å²) in [6.07, 6.45) is 0. The van der Waals surface area contributed by atoms with Crippen molar-refractivity contribution in [1.29, 1.82) is 0 Å². The molecule has 1 atom stereocenters. The lowest BCUT2D eigenvalue weighted by atomic mass is 10.1. The van der Waals surface area contributed by atoms with E-state index in [9.17, 15) is 9.00 Å². The van der Waals surface area contributed by atoms with Gasteiger partial charge < -0.3 is 4.74 Å². The first-order valence-corrected chi connectivity index (χ1v) is 9.17. The minimum Gasteiger partial charge on any atom is -0.496 e. The summed E-state index contributed by atoms with van der Waals surface area (Å²) in [5.41, 5.74) is 0.633. The van der Waals surface area contributed by atoms with E-state index in [0.717, 1.165) is 15.5 Å². The number of Topliss-reactive ketones (excluding diaryl/α,β-unsaturated/α-hetero) is 1. The second-order valence-corrected chi connectivity index (χ2v) is 7.34. The fraction of sp³-hybridized carbons (Fsp3) is 0.235. The van der Waals surface area contributed by atoms with Crippen molar-refractivity contribution < 1.29 is 13.7 Å². The molecule has 0 aliphatic rings. The van der Waals surface area contributed by atoms with Gasteiger partial charge in [-0.3, -0.25) is 9.00 Å². The van der Waals surface area contributed by atoms with Crippen molar-refractivity contribution in [2.45, 2.75) is 16.7 Å². The molecule has 0 unspecified atom stereocenters. The van der Waals surface area contributed by atoms with Crippen LogP contribution in [-0.2, 0) is 10.8 Å². The molecule has 0 radical (unpaired) electrons. The lowest BCUT2D eigenvalue weighted by Crippen LogP contribution is -2.01. The molecule has 22 heavy (non-hydrogen) atoms. The molecule has 0 saturated carbocycles. The summed E-state index contributed by atoms with van der Waals surface area (Å²) in [6, 6.07) is 14.9. The second-order valence-electron chi connectivity index (χ2n) is 4.63. The largest absolute Gasteiger partial charge is 0.496 e. The lowest BCUT2D eigenvalue weighted by molar-refractivity contribution is 0.101. The van der Waals surface area contributed by atoms with E-state index < -0.39 is 10.8 Å². The highest BCUT2D eigenvalue weighted by Gasteiger charge is 2.09. The highest BCUT2D eigenvalue weighted by Crippen LogP contribution is 2.30. The molecule has 0 heterocycles. The number of thioether (sulfide) groups is 1. The molecular weight excluding hydrogens is 316 g/mol. The van der Waals surface area contributed by atoms with E-state index >= 15 is 0 Å². The third-order valence-corrected chi connectivity index (χ3v) is 5.79. The molecular formula is C17H18O3S2. The van der Waals surface area contributed by atoms with Crippen LogP contribution in [0.15, 0.2) is 58.3 Å². The van der Waals surface area contributed by atoms with Gasteiger partial charge >= 0.3 is 0 Å². The normalized spacial score (nSPS) is 11.9. The number of benzene rings is 2. The van der Waals surface area contributed by atoms with E-state index in [1.54, 1.807) is 31.0 Å². The van der Waals surface area contributed by atoms with Crippen molar-refractivity contribution in [2.24, 2.45) is 0 Å². The number of hydrogen-bond donors (Lipinski definition) is 0. The number of hydrogen-bond acceptors (Lipinski definition) is 4. The number of methoxy groups -OCH3 is 1. The maximum Gasteiger partial charge on any atom is 0.159 e. The Bertz CT molecular complexity index is 669. The van der Waals surface area contributed by atoms with Crippen LogP contribution in [0.3, 0.4) is 0 Å². The second kappa shape index (κ2) is 8.15. The van der Waals surface area contributed by atoms with Crippen molar-refractivity contribution in [1.82, 2.24) is 0 Å². The standard InChI is InChI=1S/C17H18O3S2/c1-13(18)14-8-9-17(16(12-14)20-2)21-10-11-22(19)15-6-4-3-5-7-15/h3-9,12H,10-11H2,1-2H3/t22-/m0/s1. The quantitative estimate of drug-likeness (QED) is 0.571. The van der Waals surface area contributed by atoms with Gasteiger partial charge in [0.2, 0.25) is 0 Å². The van der Waals surface area contributed by atoms with Crippen LogP contribution in [0.1, 0.15) is 17.3 Å². The summed E-state index contributed by atoms with van der Waals surface area (Å²) in [6.45, 7) is 1.53. The maximum absolute atomic E-state index is 12.2. The van der Waals surface area contributed by atoms with Crippen molar-refractivity contribution in [3.63, 3.8) is 0 Å². The van der Waals surface area contributed by atoms with Crippen LogP contribution in [0, 0.1) is 0 Å². The molecule has 2 aromatic rings. The zero-order valence-electron chi connectivity index (χ0n) is 12.6. The molecule has 0 N–H and O–H groups in total. The molecule has 2 rings (SSSR count). The minimum atomic E-state index is -0.993. The van der Waals surface area contributed by atoms with E-state index in [0.29, 0.717) is 17.1 Å². The van der Waals surface area contributed by atoms with Gasteiger partial charge in [0.1, 0.15) is 5.75 Å². The average Bonchev–Trinajstić information content (AvgIpc) is 2.55. The number of ketones is 1. The first kappa shape index (κ1) is 16.8. The Hall–Kier alpha value is -1.59. The molecule has 5 heteroatoms. The molecule has 0 aliphatic carbocycles. The Morgan fingerprint density at radius 2 is 1.91 bits per heavy atom. The Balaban J connectivity index is 1.97. The molecule has 0 fully saturated rings. The van der Waals surface area contributed by atoms with Gasteiger partial charge in [-0.15, -0.1) is 11.8 Å². The predicted octanol–water partition coefficient (Wildman–Crippen LogP) is 3.80.